The van der Waals surface area contributed by atoms with E-state index in [1.54, 1.807) is 0 Å². The molecule has 2 rings (SSSR count). The SMILES string of the molecule is O=C(CCC1CC1)c1ccc(C(F)(F)F)cn1. The minimum Gasteiger partial charge on any atom is -0.292 e. The topological polar surface area (TPSA) is 30.0 Å². The van der Waals surface area contributed by atoms with Crippen molar-refractivity contribution in [2.75, 3.05) is 0 Å². The van der Waals surface area contributed by atoms with Gasteiger partial charge in [0.1, 0.15) is 5.69 Å². The molecule has 0 atom stereocenters. The van der Waals surface area contributed by atoms with E-state index in [1.807, 2.05) is 0 Å². The molecule has 0 bridgehead atoms. The Hall–Kier alpha value is -1.39. The number of hydrogen-bond donors (Lipinski definition) is 0. The summed E-state index contributed by atoms with van der Waals surface area (Å²) in [6.45, 7) is 0. The molecule has 0 spiro atoms. The first-order valence-corrected chi connectivity index (χ1v) is 5.53. The smallest absolute Gasteiger partial charge is 0.292 e. The molecule has 0 aromatic carbocycles. The first-order chi connectivity index (χ1) is 7.97. The van der Waals surface area contributed by atoms with Crippen LogP contribution in [0.1, 0.15) is 41.7 Å². The Morgan fingerprint density at radius 3 is 2.53 bits per heavy atom. The van der Waals surface area contributed by atoms with Crippen molar-refractivity contribution in [1.29, 1.82) is 0 Å². The fourth-order valence-electron chi connectivity index (χ4n) is 1.60. The van der Waals surface area contributed by atoms with E-state index in [2.05, 4.69) is 4.98 Å². The van der Waals surface area contributed by atoms with E-state index in [-0.39, 0.29) is 11.5 Å². The van der Waals surface area contributed by atoms with Gasteiger partial charge >= 0.3 is 6.18 Å². The van der Waals surface area contributed by atoms with Crippen LogP contribution in [-0.2, 0) is 6.18 Å². The largest absolute Gasteiger partial charge is 0.417 e. The summed E-state index contributed by atoms with van der Waals surface area (Å²) in [6, 6.07) is 2.05. The Labute approximate surface area is 96.9 Å². The van der Waals surface area contributed by atoms with Crippen LogP contribution in [-0.4, -0.2) is 10.8 Å². The number of alkyl halides is 3. The Morgan fingerprint density at radius 1 is 1.35 bits per heavy atom. The second-order valence-electron chi connectivity index (χ2n) is 4.34. The zero-order valence-corrected chi connectivity index (χ0v) is 9.13. The Balaban J connectivity index is 1.98. The van der Waals surface area contributed by atoms with Crippen LogP contribution in [0.15, 0.2) is 18.3 Å². The molecule has 92 valence electrons. The van der Waals surface area contributed by atoms with Crippen LogP contribution in [0, 0.1) is 5.92 Å². The molecule has 0 N–H and O–H groups in total. The van der Waals surface area contributed by atoms with Crippen molar-refractivity contribution >= 4 is 5.78 Å². The molecular formula is C12H12F3NO. The highest BCUT2D eigenvalue weighted by molar-refractivity contribution is 5.94. The molecule has 1 saturated carbocycles. The number of carbonyl (C=O) groups excluding carboxylic acids is 1. The van der Waals surface area contributed by atoms with Crippen molar-refractivity contribution in [1.82, 2.24) is 4.98 Å². The summed E-state index contributed by atoms with van der Waals surface area (Å²) in [6.07, 6.45) is -0.168. The molecule has 0 radical (unpaired) electrons. The van der Waals surface area contributed by atoms with Gasteiger partial charge in [0.05, 0.1) is 5.56 Å². The maximum absolute atomic E-state index is 12.3. The number of rotatable bonds is 4. The highest BCUT2D eigenvalue weighted by atomic mass is 19.4. The van der Waals surface area contributed by atoms with E-state index in [0.29, 0.717) is 18.5 Å². The highest BCUT2D eigenvalue weighted by Crippen LogP contribution is 2.34. The summed E-state index contributed by atoms with van der Waals surface area (Å²) >= 11 is 0. The number of nitrogens with zero attached hydrogens (tertiary/aromatic N) is 1. The van der Waals surface area contributed by atoms with E-state index in [1.165, 1.54) is 0 Å². The normalized spacial score (nSPS) is 15.9. The molecule has 1 aliphatic rings. The number of carbonyl (C=O) groups is 1. The van der Waals surface area contributed by atoms with Crippen LogP contribution in [0.3, 0.4) is 0 Å². The van der Waals surface area contributed by atoms with Crippen LogP contribution in [0.2, 0.25) is 0 Å². The van der Waals surface area contributed by atoms with Gasteiger partial charge in [-0.3, -0.25) is 9.78 Å². The van der Waals surface area contributed by atoms with Gasteiger partial charge in [0.25, 0.3) is 0 Å². The average molecular weight is 243 g/mol. The third-order valence-corrected chi connectivity index (χ3v) is 2.85. The van der Waals surface area contributed by atoms with E-state index in [0.717, 1.165) is 31.4 Å². The van der Waals surface area contributed by atoms with Gasteiger partial charge in [-0.05, 0) is 24.5 Å². The van der Waals surface area contributed by atoms with Crippen molar-refractivity contribution in [3.05, 3.63) is 29.6 Å². The second kappa shape index (κ2) is 4.47. The minimum absolute atomic E-state index is 0.124. The maximum Gasteiger partial charge on any atom is 0.417 e. The fraction of sp³-hybridized carbons (Fsp3) is 0.500. The molecule has 0 unspecified atom stereocenters. The van der Waals surface area contributed by atoms with Crippen LogP contribution in [0.5, 0.6) is 0 Å². The van der Waals surface area contributed by atoms with Gasteiger partial charge in [-0.2, -0.15) is 13.2 Å². The molecular weight excluding hydrogens is 231 g/mol. The summed E-state index contributed by atoms with van der Waals surface area (Å²) in [5, 5.41) is 0. The van der Waals surface area contributed by atoms with E-state index in [9.17, 15) is 18.0 Å². The van der Waals surface area contributed by atoms with Gasteiger partial charge in [0, 0.05) is 12.6 Å². The Bertz CT molecular complexity index is 407. The van der Waals surface area contributed by atoms with E-state index in [4.69, 9.17) is 0 Å². The molecule has 0 amide bonds. The fourth-order valence-corrected chi connectivity index (χ4v) is 1.60. The lowest BCUT2D eigenvalue weighted by atomic mass is 10.1. The average Bonchev–Trinajstić information content (AvgIpc) is 3.09. The van der Waals surface area contributed by atoms with Crippen LogP contribution in [0.4, 0.5) is 13.2 Å². The molecule has 17 heavy (non-hydrogen) atoms. The summed E-state index contributed by atoms with van der Waals surface area (Å²) < 4.78 is 36.8. The van der Waals surface area contributed by atoms with Gasteiger partial charge in [-0.15, -0.1) is 0 Å². The Morgan fingerprint density at radius 2 is 2.06 bits per heavy atom. The highest BCUT2D eigenvalue weighted by Gasteiger charge is 2.31. The van der Waals surface area contributed by atoms with Crippen LogP contribution >= 0.6 is 0 Å². The molecule has 2 nitrogen and oxygen atoms in total. The van der Waals surface area contributed by atoms with Crippen molar-refractivity contribution in [3.8, 4) is 0 Å². The van der Waals surface area contributed by atoms with E-state index < -0.39 is 11.7 Å². The van der Waals surface area contributed by atoms with E-state index >= 15 is 0 Å². The van der Waals surface area contributed by atoms with Crippen molar-refractivity contribution in [3.63, 3.8) is 0 Å². The number of hydrogen-bond acceptors (Lipinski definition) is 2. The minimum atomic E-state index is -4.40. The lowest BCUT2D eigenvalue weighted by Gasteiger charge is -2.06. The first-order valence-electron chi connectivity index (χ1n) is 5.53. The van der Waals surface area contributed by atoms with Crippen molar-refractivity contribution < 1.29 is 18.0 Å². The van der Waals surface area contributed by atoms with Gasteiger partial charge in [-0.1, -0.05) is 12.8 Å². The van der Waals surface area contributed by atoms with Crippen molar-refractivity contribution in [2.45, 2.75) is 31.9 Å². The standard InChI is InChI=1S/C12H12F3NO/c13-12(14,15)9-4-5-10(16-7-9)11(17)6-3-8-1-2-8/h4-5,7-8H,1-3,6H2. The number of pyridine rings is 1. The number of halogens is 3. The Kier molecular flexibility index (Phi) is 3.17. The summed E-state index contributed by atoms with van der Waals surface area (Å²) in [5.74, 6) is 0.457. The molecule has 1 aromatic rings. The zero-order chi connectivity index (χ0) is 12.5. The second-order valence-corrected chi connectivity index (χ2v) is 4.34. The molecule has 1 aliphatic carbocycles. The molecule has 0 saturated heterocycles. The lowest BCUT2D eigenvalue weighted by molar-refractivity contribution is -0.137. The molecule has 1 fully saturated rings. The predicted octanol–water partition coefficient (Wildman–Crippen LogP) is 3.47. The zero-order valence-electron chi connectivity index (χ0n) is 9.13. The van der Waals surface area contributed by atoms with Crippen LogP contribution < -0.4 is 0 Å². The predicted molar refractivity (Wildman–Crippen MR) is 55.5 cm³/mol. The number of aromatic nitrogens is 1. The quantitative estimate of drug-likeness (QED) is 0.758. The molecule has 1 aromatic heterocycles. The van der Waals surface area contributed by atoms with Gasteiger partial charge in [-0.25, -0.2) is 0 Å². The summed E-state index contributed by atoms with van der Waals surface area (Å²) in [4.78, 5) is 15.2. The number of Topliss-reactive ketones (excluding diaryl/α,β-unsaturated/α-hetero) is 1. The van der Waals surface area contributed by atoms with Gasteiger partial charge < -0.3 is 0 Å². The molecule has 0 aliphatic heterocycles. The van der Waals surface area contributed by atoms with Crippen molar-refractivity contribution in [2.24, 2.45) is 5.92 Å². The monoisotopic (exact) mass is 243 g/mol. The molecule has 1 heterocycles. The maximum atomic E-state index is 12.3. The lowest BCUT2D eigenvalue weighted by Crippen LogP contribution is -2.08. The summed E-state index contributed by atoms with van der Waals surface area (Å²) in [7, 11) is 0. The third kappa shape index (κ3) is 3.28. The third-order valence-electron chi connectivity index (χ3n) is 2.85. The van der Waals surface area contributed by atoms with Gasteiger partial charge in [0.2, 0.25) is 0 Å². The van der Waals surface area contributed by atoms with Crippen LogP contribution in [0.25, 0.3) is 0 Å². The molecule has 5 heteroatoms. The first kappa shape index (κ1) is 12.1. The van der Waals surface area contributed by atoms with Gasteiger partial charge in [0.15, 0.2) is 5.78 Å². The summed E-state index contributed by atoms with van der Waals surface area (Å²) in [5.41, 5.74) is -0.699. The number of ketones is 1.